The summed E-state index contributed by atoms with van der Waals surface area (Å²) in [5.41, 5.74) is 0. The number of hydrogen-bond acceptors (Lipinski definition) is 1. The van der Waals surface area contributed by atoms with Crippen molar-refractivity contribution >= 4 is 11.6 Å². The van der Waals surface area contributed by atoms with E-state index in [9.17, 15) is 8.78 Å². The molecular formula is C4H5ClF2O. The number of hydrogen-bond donors (Lipinski definition) is 0. The molecule has 0 amide bonds. The molecule has 0 spiro atoms. The Balaban J connectivity index is 3.05. The van der Waals surface area contributed by atoms with Crippen molar-refractivity contribution in [3.8, 4) is 0 Å². The van der Waals surface area contributed by atoms with E-state index >= 15 is 0 Å². The third-order valence-electron chi connectivity index (χ3n) is 0.366. The molecule has 0 heterocycles. The maximum absolute atomic E-state index is 11.1. The van der Waals surface area contributed by atoms with Gasteiger partial charge >= 0.3 is 6.61 Å². The molecule has 0 aliphatic rings. The first kappa shape index (κ1) is 7.85. The summed E-state index contributed by atoms with van der Waals surface area (Å²) in [6, 6.07) is 0. The van der Waals surface area contributed by atoms with Gasteiger partial charge < -0.3 is 4.74 Å². The van der Waals surface area contributed by atoms with E-state index in [4.69, 9.17) is 11.6 Å². The van der Waals surface area contributed by atoms with Crippen LogP contribution in [0.25, 0.3) is 0 Å². The fourth-order valence-electron chi connectivity index (χ4n) is 0.153. The van der Waals surface area contributed by atoms with Gasteiger partial charge in [-0.15, -0.1) is 0 Å². The lowest BCUT2D eigenvalue weighted by molar-refractivity contribution is -0.119. The Labute approximate surface area is 50.9 Å². The zero-order valence-corrected chi connectivity index (χ0v) is 4.79. The predicted octanol–water partition coefficient (Wildman–Crippen LogP) is 1.98. The Hall–Kier alpha value is -0.150. The molecule has 0 aromatic carbocycles. The average Bonchev–Trinajstić information content (AvgIpc) is 1.61. The molecule has 4 heteroatoms. The normalized spacial score (nSPS) is 10.0. The van der Waals surface area contributed by atoms with Crippen LogP contribution in [0.2, 0.25) is 0 Å². The summed E-state index contributed by atoms with van der Waals surface area (Å²) in [6.07, 6.45) is 0. The van der Waals surface area contributed by atoms with Crippen molar-refractivity contribution in [1.29, 1.82) is 0 Å². The van der Waals surface area contributed by atoms with E-state index in [-0.39, 0.29) is 11.6 Å². The van der Waals surface area contributed by atoms with E-state index in [0.29, 0.717) is 0 Å². The fraction of sp³-hybridized carbons (Fsp3) is 0.500. The summed E-state index contributed by atoms with van der Waals surface area (Å²) in [6.45, 7) is 0.0829. The van der Waals surface area contributed by atoms with Gasteiger partial charge in [0.05, 0.1) is 6.61 Å². The van der Waals surface area contributed by atoms with Crippen LogP contribution in [-0.2, 0) is 4.74 Å². The maximum atomic E-state index is 11.1. The van der Waals surface area contributed by atoms with E-state index in [1.54, 1.807) is 0 Å². The highest BCUT2D eigenvalue weighted by Gasteiger charge is 1.99. The Bertz CT molecular complexity index is 84.1. The van der Waals surface area contributed by atoms with Gasteiger partial charge in [-0.3, -0.25) is 0 Å². The molecule has 0 aromatic heterocycles. The van der Waals surface area contributed by atoms with Crippen LogP contribution in [0.4, 0.5) is 8.78 Å². The van der Waals surface area contributed by atoms with Gasteiger partial charge in [-0.25, -0.2) is 0 Å². The van der Waals surface area contributed by atoms with Crippen molar-refractivity contribution in [3.63, 3.8) is 0 Å². The second-order valence-electron chi connectivity index (χ2n) is 1.09. The Morgan fingerprint density at radius 2 is 2.25 bits per heavy atom. The van der Waals surface area contributed by atoms with Crippen molar-refractivity contribution in [2.75, 3.05) is 6.61 Å². The third-order valence-corrected chi connectivity index (χ3v) is 0.475. The monoisotopic (exact) mass is 142 g/mol. The molecule has 1 nitrogen and oxygen atoms in total. The van der Waals surface area contributed by atoms with Crippen LogP contribution in [-0.4, -0.2) is 13.2 Å². The quantitative estimate of drug-likeness (QED) is 0.586. The standard InChI is InChI=1S/C4H5ClF2O/c1-3(5)2-8-4(6)7/h4H,1-2H2. The van der Waals surface area contributed by atoms with Gasteiger partial charge in [0.25, 0.3) is 0 Å². The van der Waals surface area contributed by atoms with E-state index in [0.717, 1.165) is 0 Å². The van der Waals surface area contributed by atoms with Crippen LogP contribution in [0, 0.1) is 0 Å². The SMILES string of the molecule is C=C(Cl)COC(F)F. The van der Waals surface area contributed by atoms with Crippen LogP contribution in [0.3, 0.4) is 0 Å². The third kappa shape index (κ3) is 5.85. The minimum absolute atomic E-state index is 0.0744. The summed E-state index contributed by atoms with van der Waals surface area (Å²) in [5.74, 6) is 0. The molecule has 0 N–H and O–H groups in total. The molecule has 0 aliphatic heterocycles. The van der Waals surface area contributed by atoms with E-state index in [1.807, 2.05) is 0 Å². The lowest BCUT2D eigenvalue weighted by Gasteiger charge is -1.97. The molecule has 0 saturated heterocycles. The average molecular weight is 143 g/mol. The van der Waals surface area contributed by atoms with E-state index in [2.05, 4.69) is 11.3 Å². The van der Waals surface area contributed by atoms with Gasteiger partial charge in [0, 0.05) is 5.03 Å². The van der Waals surface area contributed by atoms with Gasteiger partial charge in [-0.1, -0.05) is 18.2 Å². The Morgan fingerprint density at radius 1 is 1.75 bits per heavy atom. The molecule has 0 atom stereocenters. The second kappa shape index (κ2) is 3.80. The lowest BCUT2D eigenvalue weighted by atomic mass is 10.7. The molecule has 0 aliphatic carbocycles. The zero-order valence-electron chi connectivity index (χ0n) is 4.03. The van der Waals surface area contributed by atoms with E-state index in [1.165, 1.54) is 0 Å². The highest BCUT2D eigenvalue weighted by molar-refractivity contribution is 6.29. The molecule has 0 saturated carbocycles. The molecule has 48 valence electrons. The summed E-state index contributed by atoms with van der Waals surface area (Å²) < 4.78 is 25.9. The van der Waals surface area contributed by atoms with Crippen LogP contribution < -0.4 is 0 Å². The fourth-order valence-corrected chi connectivity index (χ4v) is 0.216. The number of rotatable bonds is 3. The first-order chi connectivity index (χ1) is 3.63. The number of alkyl halides is 2. The molecule has 0 rings (SSSR count). The highest BCUT2D eigenvalue weighted by atomic mass is 35.5. The van der Waals surface area contributed by atoms with Gasteiger partial charge in [0.15, 0.2) is 0 Å². The zero-order chi connectivity index (χ0) is 6.57. The molecule has 0 bridgehead atoms. The minimum Gasteiger partial charge on any atom is -0.317 e. The van der Waals surface area contributed by atoms with Gasteiger partial charge in [-0.2, -0.15) is 8.78 Å². The van der Waals surface area contributed by atoms with Crippen molar-refractivity contribution in [3.05, 3.63) is 11.6 Å². The Kier molecular flexibility index (Phi) is 3.73. The topological polar surface area (TPSA) is 9.23 Å². The molecule has 8 heavy (non-hydrogen) atoms. The number of ether oxygens (including phenoxy) is 1. The summed E-state index contributed by atoms with van der Waals surface area (Å²) >= 11 is 5.07. The van der Waals surface area contributed by atoms with Crippen LogP contribution in [0.1, 0.15) is 0 Å². The van der Waals surface area contributed by atoms with Gasteiger partial charge in [0.2, 0.25) is 0 Å². The highest BCUT2D eigenvalue weighted by Crippen LogP contribution is 2.01. The van der Waals surface area contributed by atoms with Crippen molar-refractivity contribution < 1.29 is 13.5 Å². The van der Waals surface area contributed by atoms with Gasteiger partial charge in [-0.05, 0) is 0 Å². The van der Waals surface area contributed by atoms with Gasteiger partial charge in [0.1, 0.15) is 0 Å². The maximum Gasteiger partial charge on any atom is 0.345 e. The summed E-state index contributed by atoms with van der Waals surface area (Å²) in [5, 5.41) is 0.0744. The largest absolute Gasteiger partial charge is 0.345 e. The lowest BCUT2D eigenvalue weighted by Crippen LogP contribution is -1.99. The summed E-state index contributed by atoms with van der Waals surface area (Å²) in [4.78, 5) is 0. The first-order valence-electron chi connectivity index (χ1n) is 1.86. The minimum atomic E-state index is -2.76. The predicted molar refractivity (Wildman–Crippen MR) is 26.9 cm³/mol. The molecule has 0 aromatic rings. The molecular weight excluding hydrogens is 137 g/mol. The van der Waals surface area contributed by atoms with Crippen molar-refractivity contribution in [1.82, 2.24) is 0 Å². The summed E-state index contributed by atoms with van der Waals surface area (Å²) in [7, 11) is 0. The smallest absolute Gasteiger partial charge is 0.317 e. The van der Waals surface area contributed by atoms with Crippen molar-refractivity contribution in [2.45, 2.75) is 6.61 Å². The molecule has 0 fully saturated rings. The molecule has 0 unspecified atom stereocenters. The van der Waals surface area contributed by atoms with E-state index < -0.39 is 6.61 Å². The van der Waals surface area contributed by atoms with Crippen LogP contribution >= 0.6 is 11.6 Å². The second-order valence-corrected chi connectivity index (χ2v) is 1.62. The Morgan fingerprint density at radius 3 is 2.38 bits per heavy atom. The van der Waals surface area contributed by atoms with Crippen molar-refractivity contribution in [2.24, 2.45) is 0 Å². The number of halogens is 3. The van der Waals surface area contributed by atoms with Crippen LogP contribution in [0.5, 0.6) is 0 Å². The van der Waals surface area contributed by atoms with Crippen LogP contribution in [0.15, 0.2) is 11.6 Å². The first-order valence-corrected chi connectivity index (χ1v) is 2.23. The molecule has 0 radical (unpaired) electrons.